The average Bonchev–Trinajstić information content (AvgIpc) is 2.54. The normalized spacial score (nSPS) is 12.1. The second-order valence-corrected chi connectivity index (χ2v) is 4.70. The summed E-state index contributed by atoms with van der Waals surface area (Å²) in [4.78, 5) is 7.81. The van der Waals surface area contributed by atoms with E-state index in [-0.39, 0.29) is 5.28 Å². The van der Waals surface area contributed by atoms with Gasteiger partial charge in [0, 0.05) is 6.20 Å². The highest BCUT2D eigenvalue weighted by atomic mass is 35.5. The Morgan fingerprint density at radius 1 is 1.45 bits per heavy atom. The molecule has 0 bridgehead atoms. The fourth-order valence-corrected chi connectivity index (χ4v) is 2.07. The second-order valence-electron chi connectivity index (χ2n) is 4.37. The van der Waals surface area contributed by atoms with E-state index in [1.54, 1.807) is 30.3 Å². The number of aliphatic hydroxyl groups is 1. The fourth-order valence-electron chi connectivity index (χ4n) is 1.91. The zero-order valence-corrected chi connectivity index (χ0v) is 12.7. The second kappa shape index (κ2) is 7.55. The Hall–Kier alpha value is -2.42. The number of rotatable bonds is 5. The van der Waals surface area contributed by atoms with E-state index in [9.17, 15) is 5.11 Å². The van der Waals surface area contributed by atoms with E-state index < -0.39 is 6.10 Å². The molecule has 0 amide bonds. The number of ether oxygens (including phenoxy) is 1. The lowest BCUT2D eigenvalue weighted by Gasteiger charge is -2.14. The molecule has 0 radical (unpaired) electrons. The molecule has 1 aromatic carbocycles. The molecular weight excluding hydrogens is 302 g/mol. The number of aliphatic hydroxyl groups excluding tert-OH is 1. The summed E-state index contributed by atoms with van der Waals surface area (Å²) in [5.74, 6) is 0. The molecular formula is C16H14ClN3O2. The molecule has 6 heteroatoms. The maximum absolute atomic E-state index is 10.5. The van der Waals surface area contributed by atoms with Crippen LogP contribution in [0.2, 0.25) is 5.28 Å². The monoisotopic (exact) mass is 315 g/mol. The molecule has 0 fully saturated rings. The largest absolute Gasteiger partial charge is 0.501 e. The highest BCUT2D eigenvalue weighted by molar-refractivity contribution is 6.28. The summed E-state index contributed by atoms with van der Waals surface area (Å²) in [7, 11) is 0. The van der Waals surface area contributed by atoms with Crippen molar-refractivity contribution in [1.29, 1.82) is 5.26 Å². The molecule has 2 aromatic rings. The van der Waals surface area contributed by atoms with Gasteiger partial charge in [-0.15, -0.1) is 0 Å². The molecule has 0 aliphatic heterocycles. The Bertz CT molecular complexity index is 726. The summed E-state index contributed by atoms with van der Waals surface area (Å²) in [5, 5.41) is 19.6. The van der Waals surface area contributed by atoms with Crippen LogP contribution < -0.4 is 0 Å². The molecule has 1 heterocycles. The summed E-state index contributed by atoms with van der Waals surface area (Å²) < 4.78 is 5.18. The van der Waals surface area contributed by atoms with Crippen LogP contribution in [0.4, 0.5) is 0 Å². The van der Waals surface area contributed by atoms with Gasteiger partial charge in [0.2, 0.25) is 5.28 Å². The quantitative estimate of drug-likeness (QED) is 0.677. The zero-order valence-electron chi connectivity index (χ0n) is 11.9. The van der Waals surface area contributed by atoms with Gasteiger partial charge in [-0.2, -0.15) is 5.26 Å². The SMILES string of the molecule is CCO/C=C/c1cc(C#N)ccc1C(O)c1ccnc(Cl)n1. The molecule has 22 heavy (non-hydrogen) atoms. The van der Waals surface area contributed by atoms with Gasteiger partial charge < -0.3 is 9.84 Å². The molecule has 0 saturated carbocycles. The Labute approximate surface area is 133 Å². The first kappa shape index (κ1) is 16.0. The summed E-state index contributed by atoms with van der Waals surface area (Å²) in [6.07, 6.45) is 3.73. The number of nitrogens with zero attached hydrogens (tertiary/aromatic N) is 3. The van der Waals surface area contributed by atoms with Crippen molar-refractivity contribution < 1.29 is 9.84 Å². The highest BCUT2D eigenvalue weighted by Gasteiger charge is 2.16. The van der Waals surface area contributed by atoms with E-state index in [0.29, 0.717) is 29.0 Å². The molecule has 112 valence electrons. The van der Waals surface area contributed by atoms with Gasteiger partial charge in [0.25, 0.3) is 0 Å². The number of hydrogen-bond acceptors (Lipinski definition) is 5. The van der Waals surface area contributed by atoms with Gasteiger partial charge in [0.15, 0.2) is 0 Å². The summed E-state index contributed by atoms with van der Waals surface area (Å²) in [6.45, 7) is 2.41. The number of nitriles is 1. The van der Waals surface area contributed by atoms with Crippen LogP contribution in [0.25, 0.3) is 6.08 Å². The van der Waals surface area contributed by atoms with Gasteiger partial charge in [-0.05, 0) is 53.9 Å². The van der Waals surface area contributed by atoms with Crippen molar-refractivity contribution in [2.24, 2.45) is 0 Å². The van der Waals surface area contributed by atoms with Crippen LogP contribution in [0.15, 0.2) is 36.7 Å². The van der Waals surface area contributed by atoms with E-state index in [1.807, 2.05) is 6.92 Å². The van der Waals surface area contributed by atoms with E-state index in [2.05, 4.69) is 16.0 Å². The van der Waals surface area contributed by atoms with Crippen LogP contribution >= 0.6 is 11.6 Å². The molecule has 0 saturated heterocycles. The number of benzene rings is 1. The van der Waals surface area contributed by atoms with Crippen LogP contribution in [0.5, 0.6) is 0 Å². The molecule has 0 spiro atoms. The Morgan fingerprint density at radius 3 is 2.95 bits per heavy atom. The molecule has 0 aliphatic rings. The fraction of sp³-hybridized carbons (Fsp3) is 0.188. The van der Waals surface area contributed by atoms with Crippen molar-refractivity contribution >= 4 is 17.7 Å². The molecule has 1 unspecified atom stereocenters. The predicted octanol–water partition coefficient (Wildman–Crippen LogP) is 3.09. The molecule has 5 nitrogen and oxygen atoms in total. The lowest BCUT2D eigenvalue weighted by Crippen LogP contribution is -2.05. The number of aromatic nitrogens is 2. The maximum atomic E-state index is 10.5. The van der Waals surface area contributed by atoms with Crippen molar-refractivity contribution in [3.05, 3.63) is 64.4 Å². The first-order chi connectivity index (χ1) is 10.7. The number of hydrogen-bond donors (Lipinski definition) is 1. The van der Waals surface area contributed by atoms with E-state index in [4.69, 9.17) is 21.6 Å². The van der Waals surface area contributed by atoms with Gasteiger partial charge in [0.05, 0.1) is 30.2 Å². The first-order valence-electron chi connectivity index (χ1n) is 6.64. The van der Waals surface area contributed by atoms with Crippen LogP contribution in [0, 0.1) is 11.3 Å². The molecule has 1 aromatic heterocycles. The minimum absolute atomic E-state index is 0.0663. The lowest BCUT2D eigenvalue weighted by atomic mass is 9.98. The van der Waals surface area contributed by atoms with Crippen LogP contribution in [0.1, 0.15) is 35.4 Å². The standard InChI is InChI=1S/C16H14ClN3O2/c1-2-22-8-6-12-9-11(10-18)3-4-13(12)15(21)14-5-7-19-16(17)20-14/h3-9,15,21H,2H2,1H3/b8-6+. The van der Waals surface area contributed by atoms with Crippen molar-refractivity contribution in [1.82, 2.24) is 9.97 Å². The third-order valence-electron chi connectivity index (χ3n) is 2.95. The summed E-state index contributed by atoms with van der Waals surface area (Å²) in [6, 6.07) is 8.66. The van der Waals surface area contributed by atoms with E-state index in [1.165, 1.54) is 12.5 Å². The maximum Gasteiger partial charge on any atom is 0.222 e. The summed E-state index contributed by atoms with van der Waals surface area (Å²) >= 11 is 5.76. The van der Waals surface area contributed by atoms with Gasteiger partial charge in [-0.3, -0.25) is 0 Å². The van der Waals surface area contributed by atoms with Gasteiger partial charge >= 0.3 is 0 Å². The van der Waals surface area contributed by atoms with Crippen LogP contribution in [0.3, 0.4) is 0 Å². The molecule has 1 atom stereocenters. The van der Waals surface area contributed by atoms with Crippen molar-refractivity contribution in [2.45, 2.75) is 13.0 Å². The molecule has 2 rings (SSSR count). The zero-order chi connectivity index (χ0) is 15.9. The minimum atomic E-state index is -0.977. The molecule has 0 aliphatic carbocycles. The first-order valence-corrected chi connectivity index (χ1v) is 7.02. The van der Waals surface area contributed by atoms with Crippen LogP contribution in [-0.4, -0.2) is 21.7 Å². The van der Waals surface area contributed by atoms with E-state index >= 15 is 0 Å². The van der Waals surface area contributed by atoms with Crippen LogP contribution in [-0.2, 0) is 4.74 Å². The van der Waals surface area contributed by atoms with Crippen molar-refractivity contribution in [2.75, 3.05) is 6.61 Å². The van der Waals surface area contributed by atoms with E-state index in [0.717, 1.165) is 0 Å². The Balaban J connectivity index is 2.42. The van der Waals surface area contributed by atoms with Gasteiger partial charge in [-0.1, -0.05) is 6.07 Å². The minimum Gasteiger partial charge on any atom is -0.501 e. The highest BCUT2D eigenvalue weighted by Crippen LogP contribution is 2.26. The van der Waals surface area contributed by atoms with Crippen molar-refractivity contribution in [3.63, 3.8) is 0 Å². The average molecular weight is 316 g/mol. The Morgan fingerprint density at radius 2 is 2.27 bits per heavy atom. The van der Waals surface area contributed by atoms with Gasteiger partial charge in [0.1, 0.15) is 6.10 Å². The summed E-state index contributed by atoms with van der Waals surface area (Å²) in [5.41, 5.74) is 2.16. The third-order valence-corrected chi connectivity index (χ3v) is 3.13. The number of halogens is 1. The van der Waals surface area contributed by atoms with Gasteiger partial charge in [-0.25, -0.2) is 9.97 Å². The lowest BCUT2D eigenvalue weighted by molar-refractivity contribution is 0.215. The smallest absolute Gasteiger partial charge is 0.222 e. The predicted molar refractivity (Wildman–Crippen MR) is 82.9 cm³/mol. The Kier molecular flexibility index (Phi) is 5.48. The third kappa shape index (κ3) is 3.82. The van der Waals surface area contributed by atoms with Crippen molar-refractivity contribution in [3.8, 4) is 6.07 Å². The molecule has 1 N–H and O–H groups in total. The topological polar surface area (TPSA) is 79.0 Å².